The molecule has 69 heavy (non-hydrogen) atoms. The SMILES string of the molecule is CC(N=NCC(C(=O)O)[n+]1cn(C(=O)O)c2ccccc21)=NN=c1ccn(CCC(=O)O)cc1.O=C(O)CCn1ccc(=NN=CN=NCC(C(=O)O)[n+]2cn(C(=O)O)c3ccccc32)cc1.[Cl-].[Cl-]. The van der Waals surface area contributed by atoms with Crippen molar-refractivity contribution in [3.05, 3.63) is 121 Å². The standard InChI is InChI=1S/C21H21N7O6.C20H19N7O6.2ClH/c1-14(24-25-15-6-9-26(10-7-15)11-8-19(29)30)23-22-12-18(20(31)32)27-13-28(21(33)34)17-5-3-2-4-16(17)27;28-18(29)7-10-25-8-5-14(6-9-25)24-23-12-22-21-11-17(19(30)31)26-13-27(20(32)33)16-4-2-1-3-15(16)26;;/h2-7,9-10,13,18H,8,11-12H2,1H3,(H2-,29,30,31,32,33,34);1-6,8-9,12-13,17H,7,10-11H2,(H2-,28,29,30,31,32,33);2*1H. The molecule has 0 saturated carbocycles. The average molecular weight is 994 g/mol. The molecule has 362 valence electrons. The molecular formula is C41H42Cl2N14O12. The molecule has 0 aliphatic heterocycles. The Kier molecular flexibility index (Phi) is 20.9. The zero-order valence-corrected chi connectivity index (χ0v) is 37.5. The Morgan fingerprint density at radius 2 is 1.01 bits per heavy atom. The summed E-state index contributed by atoms with van der Waals surface area (Å²) in [6.07, 6.45) is 7.68. The van der Waals surface area contributed by atoms with E-state index >= 15 is 0 Å². The first-order chi connectivity index (χ1) is 32.1. The Hall–Kier alpha value is -8.78. The molecule has 26 nitrogen and oxygen atoms in total. The number of hydrogen-bond acceptors (Lipinski definition) is 12. The number of amidine groups is 1. The number of benzene rings is 2. The largest absolute Gasteiger partial charge is 1.00 e. The molecule has 0 aliphatic rings. The summed E-state index contributed by atoms with van der Waals surface area (Å²) in [6, 6.07) is 17.3. The van der Waals surface area contributed by atoms with E-state index in [2.05, 4.69) is 40.9 Å². The van der Waals surface area contributed by atoms with Crippen LogP contribution in [0.1, 0.15) is 31.8 Å². The van der Waals surface area contributed by atoms with Crippen molar-refractivity contribution in [3.63, 3.8) is 0 Å². The molecule has 4 heterocycles. The number of nitrogens with zero attached hydrogens (tertiary/aromatic N) is 14. The van der Waals surface area contributed by atoms with Crippen molar-refractivity contribution < 1.29 is 93.4 Å². The van der Waals surface area contributed by atoms with Gasteiger partial charge in [0.2, 0.25) is 12.1 Å². The van der Waals surface area contributed by atoms with Crippen LogP contribution in [-0.4, -0.2) is 110 Å². The number of fused-ring (bicyclic) bond motifs is 2. The number of rotatable bonds is 17. The molecule has 0 spiro atoms. The van der Waals surface area contributed by atoms with Gasteiger partial charge in [0, 0.05) is 37.9 Å². The summed E-state index contributed by atoms with van der Waals surface area (Å²) in [5, 5.41) is 87.4. The fraction of sp³-hybridized carbons (Fsp3) is 0.220. The Morgan fingerprint density at radius 1 is 0.594 bits per heavy atom. The summed E-state index contributed by atoms with van der Waals surface area (Å²) in [5.41, 5.74) is 1.55. The van der Waals surface area contributed by atoms with E-state index in [1.165, 1.54) is 21.8 Å². The van der Waals surface area contributed by atoms with E-state index in [-0.39, 0.29) is 56.6 Å². The number of aliphatic carboxylic acids is 4. The van der Waals surface area contributed by atoms with Crippen LogP contribution in [0.3, 0.4) is 0 Å². The lowest BCUT2D eigenvalue weighted by atomic mass is 10.2. The fourth-order valence-corrected chi connectivity index (χ4v) is 6.07. The first-order valence-electron chi connectivity index (χ1n) is 19.7. The quantitative estimate of drug-likeness (QED) is 0.0176. The summed E-state index contributed by atoms with van der Waals surface area (Å²) in [5.74, 6) is -3.98. The molecule has 0 radical (unpaired) electrons. The minimum absolute atomic E-state index is 0. The van der Waals surface area contributed by atoms with Crippen molar-refractivity contribution >= 4 is 70.3 Å². The Labute approximate surface area is 400 Å². The van der Waals surface area contributed by atoms with Crippen molar-refractivity contribution in [2.45, 2.75) is 44.9 Å². The minimum atomic E-state index is -1.24. The van der Waals surface area contributed by atoms with Crippen LogP contribution in [0, 0.1) is 0 Å². The maximum absolute atomic E-state index is 11.9. The summed E-state index contributed by atoms with van der Waals surface area (Å²) in [6.45, 7) is 1.70. The van der Waals surface area contributed by atoms with E-state index in [4.69, 9.17) is 10.2 Å². The number of hydrogen-bond donors (Lipinski definition) is 6. The van der Waals surface area contributed by atoms with Gasteiger partial charge in [0.15, 0.2) is 34.2 Å². The molecule has 6 N–H and O–H groups in total. The predicted octanol–water partition coefficient (Wildman–Crippen LogP) is -2.90. The first-order valence-corrected chi connectivity index (χ1v) is 19.7. The third-order valence-electron chi connectivity index (χ3n) is 9.28. The van der Waals surface area contributed by atoms with Crippen LogP contribution in [0.25, 0.3) is 22.1 Å². The van der Waals surface area contributed by atoms with Crippen LogP contribution >= 0.6 is 0 Å². The molecule has 2 unspecified atom stereocenters. The smallest absolute Gasteiger partial charge is 0.509 e. The highest BCUT2D eigenvalue weighted by Crippen LogP contribution is 2.15. The van der Waals surface area contributed by atoms with Gasteiger partial charge in [-0.1, -0.05) is 24.3 Å². The lowest BCUT2D eigenvalue weighted by Crippen LogP contribution is -3.00. The average Bonchev–Trinajstić information content (AvgIpc) is 3.88. The molecular weight excluding hydrogens is 951 g/mol. The molecule has 2 atom stereocenters. The Balaban J connectivity index is 0.000000355. The Bertz CT molecular complexity index is 3040. The van der Waals surface area contributed by atoms with E-state index in [1.54, 1.807) is 114 Å². The van der Waals surface area contributed by atoms with Gasteiger partial charge in [0.25, 0.3) is 12.7 Å². The normalized spacial score (nSPS) is 12.2. The maximum Gasteiger partial charge on any atom is 0.509 e. The summed E-state index contributed by atoms with van der Waals surface area (Å²) in [7, 11) is 0. The summed E-state index contributed by atoms with van der Waals surface area (Å²) in [4.78, 5) is 67.8. The van der Waals surface area contributed by atoms with E-state index in [0.29, 0.717) is 45.9 Å². The topological polar surface area (TPSA) is 350 Å². The number of carboxylic acid groups (broad SMARTS) is 6. The summed E-state index contributed by atoms with van der Waals surface area (Å²) < 4.78 is 7.92. The molecule has 0 bridgehead atoms. The number of azo groups is 2. The second kappa shape index (κ2) is 26.4. The van der Waals surface area contributed by atoms with Gasteiger partial charge >= 0.3 is 36.1 Å². The van der Waals surface area contributed by atoms with Gasteiger partial charge < -0.3 is 64.6 Å². The van der Waals surface area contributed by atoms with Crippen LogP contribution in [0.4, 0.5) is 9.59 Å². The molecule has 28 heteroatoms. The van der Waals surface area contributed by atoms with Gasteiger partial charge in [-0.05, 0) is 55.5 Å². The Morgan fingerprint density at radius 3 is 1.43 bits per heavy atom. The number of carboxylic acids is 4. The van der Waals surface area contributed by atoms with Crippen LogP contribution < -0.4 is 44.7 Å². The van der Waals surface area contributed by atoms with E-state index in [0.717, 1.165) is 15.5 Å². The van der Waals surface area contributed by atoms with Crippen molar-refractivity contribution in [1.82, 2.24) is 18.3 Å². The molecule has 2 aromatic carbocycles. The van der Waals surface area contributed by atoms with E-state index in [9.17, 15) is 49.2 Å². The number of para-hydroxylation sites is 4. The van der Waals surface area contributed by atoms with Crippen LogP contribution in [0.2, 0.25) is 0 Å². The van der Waals surface area contributed by atoms with Crippen LogP contribution in [0.15, 0.2) is 151 Å². The third-order valence-corrected chi connectivity index (χ3v) is 9.28. The van der Waals surface area contributed by atoms with Gasteiger partial charge in [-0.2, -0.15) is 19.8 Å². The number of aryl methyl sites for hydroxylation is 2. The molecule has 4 aromatic heterocycles. The second-order valence-corrected chi connectivity index (χ2v) is 13.9. The van der Waals surface area contributed by atoms with Gasteiger partial charge in [0.05, 0.1) is 23.6 Å². The molecule has 0 aliphatic carbocycles. The fourth-order valence-electron chi connectivity index (χ4n) is 6.07. The minimum Gasteiger partial charge on any atom is -1.00 e. The van der Waals surface area contributed by atoms with Crippen molar-refractivity contribution in [2.24, 2.45) is 40.9 Å². The highest BCUT2D eigenvalue weighted by atomic mass is 35.5. The monoisotopic (exact) mass is 992 g/mol. The highest BCUT2D eigenvalue weighted by molar-refractivity contribution is 5.85. The van der Waals surface area contributed by atoms with Crippen molar-refractivity contribution in [3.8, 4) is 0 Å². The number of imidazole rings is 2. The van der Waals surface area contributed by atoms with Crippen molar-refractivity contribution in [1.29, 1.82) is 0 Å². The summed E-state index contributed by atoms with van der Waals surface area (Å²) >= 11 is 0. The van der Waals surface area contributed by atoms with Crippen molar-refractivity contribution in [2.75, 3.05) is 13.1 Å². The number of aromatic nitrogens is 6. The van der Waals surface area contributed by atoms with Gasteiger partial charge in [0.1, 0.15) is 13.1 Å². The molecule has 0 saturated heterocycles. The van der Waals surface area contributed by atoms with E-state index in [1.807, 2.05) is 0 Å². The molecule has 0 amide bonds. The zero-order chi connectivity index (χ0) is 48.5. The van der Waals surface area contributed by atoms with Gasteiger partial charge in [-0.25, -0.2) is 18.7 Å². The predicted molar refractivity (Wildman–Crippen MR) is 230 cm³/mol. The number of halogens is 2. The first kappa shape index (κ1) is 54.6. The molecule has 0 fully saturated rings. The molecule has 6 rings (SSSR count). The van der Waals surface area contributed by atoms with Crippen LogP contribution in [-0.2, 0) is 32.3 Å². The number of carbonyl (C=O) groups is 6. The maximum atomic E-state index is 11.9. The van der Waals surface area contributed by atoms with E-state index < -0.39 is 48.1 Å². The van der Waals surface area contributed by atoms with Gasteiger partial charge in [-0.3, -0.25) is 9.59 Å². The van der Waals surface area contributed by atoms with Gasteiger partial charge in [-0.15, -0.1) is 39.8 Å². The highest BCUT2D eigenvalue weighted by Gasteiger charge is 2.32. The second-order valence-electron chi connectivity index (χ2n) is 13.9. The van der Waals surface area contributed by atoms with Crippen LogP contribution in [0.5, 0.6) is 0 Å². The lowest BCUT2D eigenvalue weighted by molar-refractivity contribution is -0.684. The lowest BCUT2D eigenvalue weighted by Gasteiger charge is -2.05. The molecule has 6 aromatic rings. The zero-order valence-electron chi connectivity index (χ0n) is 36.0. The number of pyridine rings is 2. The third kappa shape index (κ3) is 15.7.